The molecule has 1 aliphatic rings. The summed E-state index contributed by atoms with van der Waals surface area (Å²) in [5.41, 5.74) is 0.843. The van der Waals surface area contributed by atoms with E-state index in [0.29, 0.717) is 0 Å². The van der Waals surface area contributed by atoms with Crippen molar-refractivity contribution in [3.8, 4) is 0 Å². The largest absolute Gasteiger partial charge is 0.481 e. The van der Waals surface area contributed by atoms with E-state index in [1.165, 1.54) is 0 Å². The number of thioether (sulfide) groups is 1. The third-order valence-electron chi connectivity index (χ3n) is 2.55. The van der Waals surface area contributed by atoms with Crippen LogP contribution in [0.25, 0.3) is 0 Å². The van der Waals surface area contributed by atoms with Crippen LogP contribution in [-0.4, -0.2) is 32.4 Å². The summed E-state index contributed by atoms with van der Waals surface area (Å²) < 4.78 is 0. The summed E-state index contributed by atoms with van der Waals surface area (Å²) in [7, 11) is 0. The summed E-state index contributed by atoms with van der Waals surface area (Å²) in [4.78, 5) is 35.2. The molecule has 1 aromatic carbocycles. The first-order valence-corrected chi connectivity index (χ1v) is 6.23. The molecule has 6 heteroatoms. The van der Waals surface area contributed by atoms with E-state index in [1.807, 2.05) is 30.3 Å². The summed E-state index contributed by atoms with van der Waals surface area (Å²) in [6.07, 6.45) is -0.319. The number of aliphatic carboxylic acids is 1. The van der Waals surface area contributed by atoms with E-state index in [0.717, 1.165) is 22.2 Å². The highest BCUT2D eigenvalue weighted by Gasteiger charge is 2.40. The maximum atomic E-state index is 11.9. The number of hydrogen-bond acceptors (Lipinski definition) is 4. The molecule has 0 unspecified atom stereocenters. The molecule has 1 N–H and O–H groups in total. The highest BCUT2D eigenvalue weighted by molar-refractivity contribution is 8.15. The number of carbonyl (C=O) groups excluding carboxylic acids is 2. The van der Waals surface area contributed by atoms with Crippen molar-refractivity contribution in [2.24, 2.45) is 0 Å². The maximum Gasteiger partial charge on any atom is 0.305 e. The van der Waals surface area contributed by atoms with Gasteiger partial charge < -0.3 is 5.11 Å². The average molecular weight is 265 g/mol. The van der Waals surface area contributed by atoms with Gasteiger partial charge in [0, 0.05) is 0 Å². The van der Waals surface area contributed by atoms with Crippen LogP contribution >= 0.6 is 11.8 Å². The number of imide groups is 1. The van der Waals surface area contributed by atoms with Crippen LogP contribution in [0, 0.1) is 0 Å². The first-order valence-electron chi connectivity index (χ1n) is 5.35. The van der Waals surface area contributed by atoms with Crippen LogP contribution in [0.2, 0.25) is 0 Å². The topological polar surface area (TPSA) is 74.7 Å². The molecule has 18 heavy (non-hydrogen) atoms. The Bertz CT molecular complexity index is 488. The standard InChI is InChI=1S/C12H11NO4S/c14-10(15)6-9-11(16)13(12(17)18-9)7-8-4-2-1-3-5-8/h1-5,9H,6-7H2,(H,14,15)/t9-/m0/s1. The lowest BCUT2D eigenvalue weighted by molar-refractivity contribution is -0.139. The molecule has 1 saturated heterocycles. The predicted octanol–water partition coefficient (Wildman–Crippen LogP) is 1.73. The normalized spacial score (nSPS) is 19.3. The van der Waals surface area contributed by atoms with Crippen LogP contribution in [0.1, 0.15) is 12.0 Å². The predicted molar refractivity (Wildman–Crippen MR) is 66.0 cm³/mol. The van der Waals surface area contributed by atoms with Crippen LogP contribution in [0.15, 0.2) is 30.3 Å². The van der Waals surface area contributed by atoms with Gasteiger partial charge in [-0.3, -0.25) is 19.3 Å². The van der Waals surface area contributed by atoms with Crippen LogP contribution in [0.3, 0.4) is 0 Å². The lowest BCUT2D eigenvalue weighted by Gasteiger charge is -2.13. The van der Waals surface area contributed by atoms with Crippen molar-refractivity contribution in [3.63, 3.8) is 0 Å². The lowest BCUT2D eigenvalue weighted by atomic mass is 10.2. The van der Waals surface area contributed by atoms with Gasteiger partial charge in [-0.05, 0) is 5.56 Å². The van der Waals surface area contributed by atoms with E-state index < -0.39 is 17.1 Å². The number of amides is 2. The van der Waals surface area contributed by atoms with E-state index in [2.05, 4.69) is 0 Å². The second kappa shape index (κ2) is 5.22. The van der Waals surface area contributed by atoms with Gasteiger partial charge in [0.05, 0.1) is 13.0 Å². The number of benzene rings is 1. The first kappa shape index (κ1) is 12.6. The van der Waals surface area contributed by atoms with Gasteiger partial charge in [-0.25, -0.2) is 0 Å². The fourth-order valence-electron chi connectivity index (χ4n) is 1.70. The van der Waals surface area contributed by atoms with Crippen molar-refractivity contribution in [2.45, 2.75) is 18.2 Å². The van der Waals surface area contributed by atoms with Crippen molar-refractivity contribution in [3.05, 3.63) is 35.9 Å². The van der Waals surface area contributed by atoms with E-state index in [9.17, 15) is 14.4 Å². The fourth-order valence-corrected chi connectivity index (χ4v) is 2.67. The van der Waals surface area contributed by atoms with Crippen molar-refractivity contribution in [2.75, 3.05) is 0 Å². The number of carboxylic acid groups (broad SMARTS) is 1. The Morgan fingerprint density at radius 1 is 1.28 bits per heavy atom. The molecule has 0 spiro atoms. The summed E-state index contributed by atoms with van der Waals surface area (Å²) in [6, 6.07) is 9.12. The Morgan fingerprint density at radius 3 is 2.56 bits per heavy atom. The monoisotopic (exact) mass is 265 g/mol. The third kappa shape index (κ3) is 2.70. The van der Waals surface area contributed by atoms with Gasteiger partial charge in [-0.2, -0.15) is 0 Å². The average Bonchev–Trinajstić information content (AvgIpc) is 2.58. The molecule has 1 fully saturated rings. The number of nitrogens with zero attached hydrogens (tertiary/aromatic N) is 1. The molecule has 0 saturated carbocycles. The zero-order valence-electron chi connectivity index (χ0n) is 9.41. The number of carboxylic acids is 1. The third-order valence-corrected chi connectivity index (χ3v) is 3.62. The second-order valence-corrected chi connectivity index (χ2v) is 5.03. The Balaban J connectivity index is 2.08. The molecule has 1 atom stereocenters. The van der Waals surface area contributed by atoms with Crippen LogP contribution in [0.4, 0.5) is 4.79 Å². The van der Waals surface area contributed by atoms with Gasteiger partial charge in [0.25, 0.3) is 5.24 Å². The lowest BCUT2D eigenvalue weighted by Crippen LogP contribution is -2.31. The van der Waals surface area contributed by atoms with Crippen molar-refractivity contribution in [1.82, 2.24) is 4.90 Å². The molecular weight excluding hydrogens is 254 g/mol. The van der Waals surface area contributed by atoms with E-state index >= 15 is 0 Å². The summed E-state index contributed by atoms with van der Waals surface area (Å²) in [5, 5.41) is 7.49. The van der Waals surface area contributed by atoms with Gasteiger partial charge in [-0.1, -0.05) is 42.1 Å². The molecule has 0 radical (unpaired) electrons. The Morgan fingerprint density at radius 2 is 1.94 bits per heavy atom. The summed E-state index contributed by atoms with van der Waals surface area (Å²) in [5.74, 6) is -1.49. The molecule has 0 aromatic heterocycles. The smallest absolute Gasteiger partial charge is 0.305 e. The Labute approximate surface area is 108 Å². The second-order valence-electron chi connectivity index (χ2n) is 3.88. The molecule has 1 aliphatic heterocycles. The summed E-state index contributed by atoms with van der Waals surface area (Å²) >= 11 is 0.786. The first-order chi connectivity index (χ1) is 8.58. The minimum Gasteiger partial charge on any atom is -0.481 e. The fraction of sp³-hybridized carbons (Fsp3) is 0.250. The van der Waals surface area contributed by atoms with Gasteiger partial charge in [0.2, 0.25) is 5.91 Å². The van der Waals surface area contributed by atoms with Crippen molar-refractivity contribution in [1.29, 1.82) is 0 Å². The van der Waals surface area contributed by atoms with Crippen LogP contribution < -0.4 is 0 Å². The molecule has 0 bridgehead atoms. The highest BCUT2D eigenvalue weighted by Crippen LogP contribution is 2.30. The highest BCUT2D eigenvalue weighted by atomic mass is 32.2. The van der Waals surface area contributed by atoms with Gasteiger partial charge >= 0.3 is 5.97 Å². The van der Waals surface area contributed by atoms with Gasteiger partial charge in [0.1, 0.15) is 5.25 Å². The van der Waals surface area contributed by atoms with E-state index in [4.69, 9.17) is 5.11 Å². The number of hydrogen-bond donors (Lipinski definition) is 1. The minimum atomic E-state index is -1.07. The molecule has 1 heterocycles. The zero-order valence-corrected chi connectivity index (χ0v) is 10.2. The van der Waals surface area contributed by atoms with E-state index in [-0.39, 0.29) is 18.2 Å². The maximum absolute atomic E-state index is 11.9. The van der Waals surface area contributed by atoms with Gasteiger partial charge in [-0.15, -0.1) is 0 Å². The quantitative estimate of drug-likeness (QED) is 0.897. The summed E-state index contributed by atoms with van der Waals surface area (Å²) in [6.45, 7) is 0.196. The van der Waals surface area contributed by atoms with Crippen LogP contribution in [0.5, 0.6) is 0 Å². The van der Waals surface area contributed by atoms with Crippen molar-refractivity contribution < 1.29 is 19.5 Å². The molecule has 5 nitrogen and oxygen atoms in total. The Hall–Kier alpha value is -1.82. The molecule has 2 rings (SSSR count). The van der Waals surface area contributed by atoms with E-state index in [1.54, 1.807) is 0 Å². The molecule has 2 amide bonds. The minimum absolute atomic E-state index is 0.196. The SMILES string of the molecule is O=C(O)C[C@@H]1SC(=O)N(Cc2ccccc2)C1=O. The Kier molecular flexibility index (Phi) is 3.66. The molecule has 0 aliphatic carbocycles. The van der Waals surface area contributed by atoms with Crippen LogP contribution in [-0.2, 0) is 16.1 Å². The number of rotatable bonds is 4. The number of carbonyl (C=O) groups is 3. The molecule has 94 valence electrons. The van der Waals surface area contributed by atoms with Gasteiger partial charge in [0.15, 0.2) is 0 Å². The molecular formula is C12H11NO4S. The van der Waals surface area contributed by atoms with Crippen molar-refractivity contribution >= 4 is 28.9 Å². The zero-order chi connectivity index (χ0) is 13.1. The molecule has 1 aromatic rings.